The maximum Gasteiger partial charge on any atom is 0.0701 e. The molecule has 0 atom stereocenters. The van der Waals surface area contributed by atoms with E-state index in [1.807, 2.05) is 20.8 Å². The summed E-state index contributed by atoms with van der Waals surface area (Å²) in [5, 5.41) is 24.8. The molecule has 0 bridgehead atoms. The minimum Gasteiger partial charge on any atom is -0.394 e. The van der Waals surface area contributed by atoms with Gasteiger partial charge in [0.1, 0.15) is 0 Å². The van der Waals surface area contributed by atoms with Crippen LogP contribution >= 0.6 is 0 Å². The van der Waals surface area contributed by atoms with E-state index in [-0.39, 0.29) is 19.8 Å². The largest absolute Gasteiger partial charge is 0.394 e. The van der Waals surface area contributed by atoms with Crippen LogP contribution in [0.1, 0.15) is 20.8 Å². The molecule has 0 radical (unpaired) electrons. The van der Waals surface area contributed by atoms with Gasteiger partial charge in [0.25, 0.3) is 0 Å². The number of aliphatic hydroxyl groups is 3. The Morgan fingerprint density at radius 1 is 0.370 bits per heavy atom. The summed E-state index contributed by atoms with van der Waals surface area (Å²) in [6, 6.07) is 0. The molecule has 0 spiro atoms. The summed E-state index contributed by atoms with van der Waals surface area (Å²) in [6.07, 6.45) is 0. The fraction of sp³-hybridized carbons (Fsp3) is 1.00. The van der Waals surface area contributed by atoms with Gasteiger partial charge in [0.2, 0.25) is 0 Å². The highest BCUT2D eigenvalue weighted by Gasteiger charge is 1.86. The van der Waals surface area contributed by atoms with Crippen molar-refractivity contribution in [3.63, 3.8) is 0 Å². The van der Waals surface area contributed by atoms with E-state index < -0.39 is 0 Å². The molecular weight excluding hydrogens is 360 g/mol. The molecule has 0 heterocycles. The van der Waals surface area contributed by atoms with Gasteiger partial charge in [0, 0.05) is 19.8 Å². The molecule has 0 rings (SSSR count). The van der Waals surface area contributed by atoms with Crippen LogP contribution in [0.25, 0.3) is 0 Å². The van der Waals surface area contributed by atoms with E-state index in [2.05, 4.69) is 0 Å². The monoisotopic (exact) mass is 402 g/mol. The summed E-state index contributed by atoms with van der Waals surface area (Å²) in [5.41, 5.74) is 0. The summed E-state index contributed by atoms with van der Waals surface area (Å²) < 4.78 is 29.6. The molecule has 3 N–H and O–H groups in total. The van der Waals surface area contributed by atoms with Gasteiger partial charge in [-0.15, -0.1) is 0 Å². The standard InChI is InChI=1S/3C6H14O3/c3*1-2-8-5-6-9-4-3-7/h3*7H,2-6H2,1H3. The van der Waals surface area contributed by atoms with Gasteiger partial charge in [-0.05, 0) is 20.8 Å². The molecule has 168 valence electrons. The van der Waals surface area contributed by atoms with Crippen LogP contribution in [0.4, 0.5) is 0 Å². The molecule has 0 aliphatic carbocycles. The maximum atomic E-state index is 8.26. The Hall–Kier alpha value is -0.360. The van der Waals surface area contributed by atoms with Crippen LogP contribution in [0.2, 0.25) is 0 Å². The average Bonchev–Trinajstić information content (AvgIpc) is 2.69. The molecule has 27 heavy (non-hydrogen) atoms. The first-order valence-electron chi connectivity index (χ1n) is 9.53. The molecule has 9 nitrogen and oxygen atoms in total. The Morgan fingerprint density at radius 2 is 0.593 bits per heavy atom. The summed E-state index contributed by atoms with van der Waals surface area (Å²) in [7, 11) is 0. The molecule has 0 aromatic carbocycles. The van der Waals surface area contributed by atoms with Gasteiger partial charge in [0.05, 0.1) is 79.3 Å². The highest BCUT2D eigenvalue weighted by molar-refractivity contribution is 4.29. The van der Waals surface area contributed by atoms with Crippen molar-refractivity contribution in [2.24, 2.45) is 0 Å². The van der Waals surface area contributed by atoms with Crippen molar-refractivity contribution >= 4 is 0 Å². The second-order valence-corrected chi connectivity index (χ2v) is 4.60. The Kier molecular flexibility index (Phi) is 42.4. The van der Waals surface area contributed by atoms with E-state index in [0.717, 1.165) is 19.8 Å². The fourth-order valence-electron chi connectivity index (χ4n) is 1.29. The van der Waals surface area contributed by atoms with E-state index in [9.17, 15) is 0 Å². The Labute approximate surface area is 164 Å². The molecule has 9 heteroatoms. The number of ether oxygens (including phenoxy) is 6. The van der Waals surface area contributed by atoms with Crippen LogP contribution in [0.3, 0.4) is 0 Å². The van der Waals surface area contributed by atoms with Crippen LogP contribution < -0.4 is 0 Å². The lowest BCUT2D eigenvalue weighted by molar-refractivity contribution is 0.0370. The summed E-state index contributed by atoms with van der Waals surface area (Å²) in [5.74, 6) is 0. The van der Waals surface area contributed by atoms with Crippen molar-refractivity contribution in [2.45, 2.75) is 20.8 Å². The molecule has 0 unspecified atom stereocenters. The lowest BCUT2D eigenvalue weighted by Crippen LogP contribution is -2.06. The topological polar surface area (TPSA) is 116 Å². The predicted octanol–water partition coefficient (Wildman–Crippen LogP) is 0.0954. The van der Waals surface area contributed by atoms with Crippen LogP contribution in [-0.4, -0.2) is 114 Å². The highest BCUT2D eigenvalue weighted by Crippen LogP contribution is 1.77. The van der Waals surface area contributed by atoms with Gasteiger partial charge >= 0.3 is 0 Å². The summed E-state index contributed by atoms with van der Waals surface area (Å²) in [6.45, 7) is 13.1. The van der Waals surface area contributed by atoms with Crippen molar-refractivity contribution < 1.29 is 43.7 Å². The number of rotatable bonds is 18. The lowest BCUT2D eigenvalue weighted by atomic mass is 10.7. The van der Waals surface area contributed by atoms with Gasteiger partial charge < -0.3 is 43.7 Å². The number of aliphatic hydroxyl groups excluding tert-OH is 3. The SMILES string of the molecule is CCOCCOCCO.CCOCCOCCO.CCOCCOCCO. The van der Waals surface area contributed by atoms with E-state index >= 15 is 0 Å². The first-order valence-corrected chi connectivity index (χ1v) is 9.53. The zero-order chi connectivity index (χ0) is 20.8. The molecule has 0 saturated heterocycles. The molecule has 0 aliphatic heterocycles. The molecule has 0 saturated carbocycles. The predicted molar refractivity (Wildman–Crippen MR) is 103 cm³/mol. The van der Waals surface area contributed by atoms with Crippen LogP contribution in [-0.2, 0) is 28.4 Å². The Bertz CT molecular complexity index is 158. The zero-order valence-corrected chi connectivity index (χ0v) is 17.4. The quantitative estimate of drug-likeness (QED) is 0.274. The van der Waals surface area contributed by atoms with Gasteiger partial charge in [-0.2, -0.15) is 0 Å². The number of hydrogen-bond acceptors (Lipinski definition) is 9. The Morgan fingerprint density at radius 3 is 0.778 bits per heavy atom. The van der Waals surface area contributed by atoms with Crippen LogP contribution in [0.5, 0.6) is 0 Å². The number of hydrogen-bond donors (Lipinski definition) is 3. The van der Waals surface area contributed by atoms with E-state index in [1.54, 1.807) is 0 Å². The van der Waals surface area contributed by atoms with Crippen molar-refractivity contribution in [1.82, 2.24) is 0 Å². The minimum atomic E-state index is 0.0894. The van der Waals surface area contributed by atoms with Crippen molar-refractivity contribution in [2.75, 3.05) is 99.1 Å². The van der Waals surface area contributed by atoms with Gasteiger partial charge in [-0.3, -0.25) is 0 Å². The van der Waals surface area contributed by atoms with Gasteiger partial charge in [-0.25, -0.2) is 0 Å². The van der Waals surface area contributed by atoms with E-state index in [4.69, 9.17) is 43.7 Å². The normalized spacial score (nSPS) is 10.0. The van der Waals surface area contributed by atoms with Crippen molar-refractivity contribution in [1.29, 1.82) is 0 Å². The molecule has 0 fully saturated rings. The maximum absolute atomic E-state index is 8.26. The zero-order valence-electron chi connectivity index (χ0n) is 17.4. The third-order valence-electron chi connectivity index (χ3n) is 2.44. The lowest BCUT2D eigenvalue weighted by Gasteiger charge is -2.00. The average molecular weight is 403 g/mol. The van der Waals surface area contributed by atoms with Gasteiger partial charge in [-0.1, -0.05) is 0 Å². The molecule has 0 amide bonds. The van der Waals surface area contributed by atoms with Crippen LogP contribution in [0, 0.1) is 0 Å². The fourth-order valence-corrected chi connectivity index (χ4v) is 1.29. The molecular formula is C18H42O9. The summed E-state index contributed by atoms with van der Waals surface area (Å²) in [4.78, 5) is 0. The molecule has 0 aromatic rings. The third-order valence-corrected chi connectivity index (χ3v) is 2.44. The third kappa shape index (κ3) is 46.0. The summed E-state index contributed by atoms with van der Waals surface area (Å²) >= 11 is 0. The molecule has 0 aliphatic rings. The van der Waals surface area contributed by atoms with Gasteiger partial charge in [0.15, 0.2) is 0 Å². The second-order valence-electron chi connectivity index (χ2n) is 4.60. The van der Waals surface area contributed by atoms with Crippen molar-refractivity contribution in [3.05, 3.63) is 0 Å². The second kappa shape index (κ2) is 36.5. The Balaban J connectivity index is -0.000000320. The smallest absolute Gasteiger partial charge is 0.0701 e. The minimum absolute atomic E-state index is 0.0894. The van der Waals surface area contributed by atoms with Crippen molar-refractivity contribution in [3.8, 4) is 0 Å². The first-order chi connectivity index (χ1) is 13.2. The molecule has 0 aromatic heterocycles. The van der Waals surface area contributed by atoms with Crippen LogP contribution in [0.15, 0.2) is 0 Å². The first kappa shape index (κ1) is 31.3. The highest BCUT2D eigenvalue weighted by atomic mass is 16.5. The van der Waals surface area contributed by atoms with E-state index in [1.165, 1.54) is 0 Å². The van der Waals surface area contributed by atoms with E-state index in [0.29, 0.717) is 59.5 Å².